The predicted octanol–water partition coefficient (Wildman–Crippen LogP) is 3.34. The number of carbonyl (C=O) groups is 1. The Balaban J connectivity index is 0.000000600. The van der Waals surface area contributed by atoms with Crippen LogP contribution in [0.4, 0.5) is 0 Å². The van der Waals surface area contributed by atoms with Crippen LogP contribution in [-0.4, -0.2) is 88.8 Å². The van der Waals surface area contributed by atoms with Gasteiger partial charge < -0.3 is 23.5 Å². The Morgan fingerprint density at radius 3 is 1.56 bits per heavy atom. The van der Waals surface area contributed by atoms with Crippen LogP contribution in [0.15, 0.2) is 58.3 Å². The van der Waals surface area contributed by atoms with Crippen LogP contribution in [0.25, 0.3) is 0 Å². The number of amides is 1. The zero-order valence-electron chi connectivity index (χ0n) is 26.8. The molecule has 0 saturated carbocycles. The van der Waals surface area contributed by atoms with E-state index in [9.17, 15) is 43.7 Å². The molecule has 0 bridgehead atoms. The zero-order valence-corrected chi connectivity index (χ0v) is 29.2. The Morgan fingerprint density at radius 1 is 0.733 bits per heavy atom. The van der Waals surface area contributed by atoms with Gasteiger partial charge in [0.1, 0.15) is 20.2 Å². The molecule has 0 radical (unpaired) electrons. The van der Waals surface area contributed by atoms with Crippen molar-refractivity contribution in [2.75, 3.05) is 39.5 Å². The summed E-state index contributed by atoms with van der Waals surface area (Å²) in [6.07, 6.45) is 2.48. The molecule has 12 nitrogen and oxygen atoms in total. The molecule has 0 aliphatic rings. The van der Waals surface area contributed by atoms with Gasteiger partial charge in [0.15, 0.2) is 0 Å². The molecular weight excluding hydrogens is 645 g/mol. The van der Waals surface area contributed by atoms with Crippen LogP contribution < -0.4 is 5.32 Å². The number of hydrogen-bond acceptors (Lipinski definition) is 10. The second kappa shape index (κ2) is 17.5. The molecule has 2 aromatic carbocycles. The number of likely N-dealkylation sites (N-methyl/N-ethyl adjacent to an activating group) is 1. The Hall–Kier alpha value is -2.40. The van der Waals surface area contributed by atoms with Crippen molar-refractivity contribution in [3.63, 3.8) is 0 Å². The lowest BCUT2D eigenvalue weighted by Crippen LogP contribution is -2.47. The minimum atomic E-state index is -4.48. The van der Waals surface area contributed by atoms with Gasteiger partial charge in [0.2, 0.25) is 5.91 Å². The molecule has 0 aliphatic carbocycles. The van der Waals surface area contributed by atoms with Gasteiger partial charge >= 0.3 is 0 Å². The number of rotatable bonds is 16. The molecule has 0 fully saturated rings. The minimum Gasteiger partial charge on any atom is -0.748 e. The molecule has 3 atom stereocenters. The van der Waals surface area contributed by atoms with Gasteiger partial charge in [-0.25, -0.2) is 25.3 Å². The topological polar surface area (TPSA) is 201 Å². The van der Waals surface area contributed by atoms with Crippen LogP contribution in [-0.2, 0) is 35.1 Å². The molecule has 45 heavy (non-hydrogen) atoms. The number of nitrogens with zero attached hydrogens (tertiary/aromatic N) is 1. The quantitative estimate of drug-likeness (QED) is 0.201. The van der Waals surface area contributed by atoms with Gasteiger partial charge in [-0.2, -0.15) is 0 Å². The average molecular weight is 691 g/mol. The first-order valence-corrected chi connectivity index (χ1v) is 19.1. The van der Waals surface area contributed by atoms with Gasteiger partial charge in [0.25, 0.3) is 0 Å². The maximum Gasteiger partial charge on any atom is 0.223 e. The van der Waals surface area contributed by atoms with E-state index >= 15 is 0 Å². The van der Waals surface area contributed by atoms with E-state index in [4.69, 9.17) is 0 Å². The van der Waals surface area contributed by atoms with Crippen LogP contribution >= 0.6 is 0 Å². The predicted molar refractivity (Wildman–Crippen MR) is 168 cm³/mol. The monoisotopic (exact) mass is 690 g/mol. The average Bonchev–Trinajstić information content (AvgIpc) is 2.93. The number of carbonyl (C=O) groups excluding carboxylic acids is 1. The van der Waals surface area contributed by atoms with Gasteiger partial charge in [0, 0.05) is 18.1 Å². The smallest absolute Gasteiger partial charge is 0.223 e. The maximum atomic E-state index is 12.6. The third-order valence-corrected chi connectivity index (χ3v) is 10.3. The highest BCUT2D eigenvalue weighted by atomic mass is 32.2. The summed E-state index contributed by atoms with van der Waals surface area (Å²) in [5, 5.41) is 2.93. The van der Waals surface area contributed by atoms with Crippen LogP contribution in [0.3, 0.4) is 0 Å². The molecular formula is C30H46N2O10S3-2. The van der Waals surface area contributed by atoms with Crippen molar-refractivity contribution in [2.24, 2.45) is 5.92 Å². The highest BCUT2D eigenvalue weighted by molar-refractivity contribution is 7.86. The van der Waals surface area contributed by atoms with E-state index in [2.05, 4.69) is 19.2 Å². The van der Waals surface area contributed by atoms with Crippen LogP contribution in [0, 0.1) is 5.92 Å². The fourth-order valence-corrected chi connectivity index (χ4v) is 6.01. The molecule has 3 unspecified atom stereocenters. The summed E-state index contributed by atoms with van der Waals surface area (Å²) < 4.78 is 97.7. The third-order valence-electron chi connectivity index (χ3n) is 7.76. The summed E-state index contributed by atoms with van der Waals surface area (Å²) in [4.78, 5) is 12.2. The molecule has 0 saturated heterocycles. The molecule has 2 rings (SSSR count). The van der Waals surface area contributed by atoms with E-state index < -0.39 is 36.1 Å². The summed E-state index contributed by atoms with van der Waals surface area (Å²) in [6.45, 7) is 9.52. The largest absolute Gasteiger partial charge is 0.748 e. The van der Waals surface area contributed by atoms with Crippen molar-refractivity contribution in [3.8, 4) is 0 Å². The van der Waals surface area contributed by atoms with Crippen molar-refractivity contribution in [3.05, 3.63) is 59.7 Å². The SMILES string of the molecule is CCC(C)c1ccc(S(=O)(=O)[O-])cc1.CCC(CC(C)c1ccc(S(=O)(=O)[O-])cc1)C(=O)NCC[N+](C)(C)CCCS(=O)(=O)[O-]. The molecule has 256 valence electrons. The Kier molecular flexibility index (Phi) is 15.8. The summed E-state index contributed by atoms with van der Waals surface area (Å²) in [7, 11) is -9.18. The molecule has 0 aromatic heterocycles. The number of nitrogens with one attached hydrogen (secondary N) is 1. The number of hydrogen-bond donors (Lipinski definition) is 1. The molecule has 1 amide bonds. The van der Waals surface area contributed by atoms with Crippen molar-refractivity contribution in [2.45, 2.75) is 75.0 Å². The van der Waals surface area contributed by atoms with Crippen LogP contribution in [0.2, 0.25) is 0 Å². The highest BCUT2D eigenvalue weighted by Crippen LogP contribution is 2.26. The summed E-state index contributed by atoms with van der Waals surface area (Å²) in [5.41, 5.74) is 1.91. The van der Waals surface area contributed by atoms with Crippen LogP contribution in [0.1, 0.15) is 76.3 Å². The summed E-state index contributed by atoms with van der Waals surface area (Å²) in [6, 6.07) is 11.9. The standard InChI is InChI=1S/C20H34N2O7S2.C10H14O3S/c1-5-17(15-16(2)18-7-9-19(10-8-18)31(27,28)29)20(23)21-11-13-22(3,4)12-6-14-30(24,25)26;1-3-8(2)9-4-6-10(7-5-9)14(11,12)13/h7-10,16-17H,5-6,11-15H2,1-4H3,(H2-,21,23,24,25,26,27,28,29);4-8H,3H2,1-2H3,(H,11,12,13)/p-2. The molecule has 0 heterocycles. The summed E-state index contributed by atoms with van der Waals surface area (Å²) >= 11 is 0. The lowest BCUT2D eigenvalue weighted by Gasteiger charge is -2.30. The van der Waals surface area contributed by atoms with Gasteiger partial charge in [-0.1, -0.05) is 52.0 Å². The van der Waals surface area contributed by atoms with E-state index in [1.165, 1.54) is 24.3 Å². The highest BCUT2D eigenvalue weighted by Gasteiger charge is 2.22. The van der Waals surface area contributed by atoms with E-state index in [1.807, 2.05) is 27.9 Å². The fourth-order valence-electron chi connectivity index (χ4n) is 4.59. The van der Waals surface area contributed by atoms with E-state index in [0.29, 0.717) is 42.9 Å². The fraction of sp³-hybridized carbons (Fsp3) is 0.567. The molecule has 1 N–H and O–H groups in total. The molecule has 2 aromatic rings. The Bertz CT molecular complexity index is 1540. The third kappa shape index (κ3) is 15.6. The lowest BCUT2D eigenvalue weighted by atomic mass is 9.88. The first-order valence-electron chi connectivity index (χ1n) is 14.7. The van der Waals surface area contributed by atoms with Crippen molar-refractivity contribution < 1.29 is 48.2 Å². The second-order valence-electron chi connectivity index (χ2n) is 11.9. The maximum absolute atomic E-state index is 12.6. The Morgan fingerprint density at radius 2 is 1.18 bits per heavy atom. The molecule has 0 aliphatic heterocycles. The van der Waals surface area contributed by atoms with Crippen molar-refractivity contribution in [1.82, 2.24) is 5.32 Å². The second-order valence-corrected chi connectivity index (χ2v) is 16.2. The van der Waals surface area contributed by atoms with Crippen LogP contribution in [0.5, 0.6) is 0 Å². The van der Waals surface area contributed by atoms with Crippen molar-refractivity contribution >= 4 is 36.3 Å². The van der Waals surface area contributed by atoms with Gasteiger partial charge in [0.05, 0.1) is 53.6 Å². The van der Waals surface area contributed by atoms with E-state index in [1.54, 1.807) is 24.3 Å². The summed E-state index contributed by atoms with van der Waals surface area (Å²) in [5.74, 6) is -0.299. The van der Waals surface area contributed by atoms with Crippen molar-refractivity contribution in [1.29, 1.82) is 0 Å². The molecule has 15 heteroatoms. The van der Waals surface area contributed by atoms with Gasteiger partial charge in [-0.05, 0) is 66.5 Å². The normalized spacial score (nSPS) is 14.5. The van der Waals surface area contributed by atoms with E-state index in [0.717, 1.165) is 17.5 Å². The zero-order chi connectivity index (χ0) is 34.6. The number of benzene rings is 2. The lowest BCUT2D eigenvalue weighted by molar-refractivity contribution is -0.889. The minimum absolute atomic E-state index is 0.000341. The van der Waals surface area contributed by atoms with Gasteiger partial charge in [-0.3, -0.25) is 4.79 Å². The van der Waals surface area contributed by atoms with Gasteiger partial charge in [-0.15, -0.1) is 0 Å². The number of quaternary nitrogens is 1. The first-order chi connectivity index (χ1) is 20.6. The first kappa shape index (κ1) is 40.6. The van der Waals surface area contributed by atoms with E-state index in [-0.39, 0.29) is 34.0 Å². The molecule has 0 spiro atoms. The Labute approximate surface area is 269 Å².